The van der Waals surface area contributed by atoms with Crippen LogP contribution in [0.5, 0.6) is 0 Å². The quantitative estimate of drug-likeness (QED) is 0.0777. The molecule has 1 aromatic carbocycles. The van der Waals surface area contributed by atoms with Gasteiger partial charge in [-0.15, -0.1) is 0 Å². The molecule has 5 N–H and O–H groups in total. The number of benzene rings is 1. The van der Waals surface area contributed by atoms with E-state index in [1.165, 1.54) is 24.0 Å². The summed E-state index contributed by atoms with van der Waals surface area (Å²) in [5, 5.41) is 19.7. The van der Waals surface area contributed by atoms with E-state index in [0.717, 1.165) is 112 Å². The maximum absolute atomic E-state index is 12.4. The second-order valence-corrected chi connectivity index (χ2v) is 17.1. The van der Waals surface area contributed by atoms with Gasteiger partial charge in [0.2, 0.25) is 5.91 Å². The lowest BCUT2D eigenvalue weighted by Gasteiger charge is -2.60. The smallest absolute Gasteiger partial charge is 0.222 e. The second kappa shape index (κ2) is 20.1. The zero-order valence-electron chi connectivity index (χ0n) is 35.9. The molecule has 2 aliphatic carbocycles. The number of likely N-dealkylation sites (tertiary alicyclic amines) is 1. The zero-order chi connectivity index (χ0) is 41.2. The number of para-hydroxylation sites is 1. The minimum Gasteiger partial charge on any atom is -0.390 e. The van der Waals surface area contributed by atoms with E-state index in [0.29, 0.717) is 51.1 Å². The highest BCUT2D eigenvalue weighted by Gasteiger charge is 2.72. The number of rotatable bonds is 22. The van der Waals surface area contributed by atoms with E-state index in [-0.39, 0.29) is 22.9 Å². The third kappa shape index (κ3) is 8.96. The first-order valence-electron chi connectivity index (χ1n) is 22.8. The van der Waals surface area contributed by atoms with Crippen LogP contribution in [0.4, 0.5) is 5.82 Å². The number of unbranched alkanes of at least 4 members (excludes halogenated alkanes) is 2. The first-order valence-corrected chi connectivity index (χ1v) is 22.8. The minimum atomic E-state index is -0.432. The molecule has 11 heteroatoms. The average Bonchev–Trinajstić information content (AvgIpc) is 3.70. The number of nitrogen functional groups attached to an aromatic ring is 1. The summed E-state index contributed by atoms with van der Waals surface area (Å²) in [6.45, 7) is 13.7. The highest BCUT2D eigenvalue weighted by molar-refractivity contribution is 6.06. The third-order valence-electron chi connectivity index (χ3n) is 13.7. The molecule has 7 rings (SSSR count). The normalized spacial score (nSPS) is 27.3. The number of pyridine rings is 1. The van der Waals surface area contributed by atoms with Gasteiger partial charge in [0.1, 0.15) is 11.3 Å². The highest BCUT2D eigenvalue weighted by atomic mass is 16.5. The van der Waals surface area contributed by atoms with Crippen molar-refractivity contribution in [2.75, 3.05) is 58.3 Å². The Kier molecular flexibility index (Phi) is 14.7. The van der Waals surface area contributed by atoms with Crippen molar-refractivity contribution in [3.8, 4) is 0 Å². The molecule has 2 aromatic heterocycles. The van der Waals surface area contributed by atoms with E-state index in [9.17, 15) is 9.90 Å². The zero-order valence-corrected chi connectivity index (χ0v) is 35.9. The predicted octanol–water partition coefficient (Wildman–Crippen LogP) is 7.19. The molecule has 2 aliphatic heterocycles. The van der Waals surface area contributed by atoms with Crippen LogP contribution < -0.4 is 16.4 Å². The van der Waals surface area contributed by atoms with Crippen LogP contribution >= 0.6 is 0 Å². The molecule has 59 heavy (non-hydrogen) atoms. The number of nitrogens with zero attached hydrogens (tertiary/aromatic N) is 4. The van der Waals surface area contributed by atoms with E-state index in [1.54, 1.807) is 0 Å². The largest absolute Gasteiger partial charge is 0.390 e. The highest BCUT2D eigenvalue weighted by Crippen LogP contribution is 2.67. The minimum absolute atomic E-state index is 0.0172. The molecule has 0 radical (unpaired) electrons. The van der Waals surface area contributed by atoms with Crippen LogP contribution in [0.15, 0.2) is 71.9 Å². The summed E-state index contributed by atoms with van der Waals surface area (Å²) in [6.07, 6.45) is 23.7. The Morgan fingerprint density at radius 1 is 0.932 bits per heavy atom. The molecule has 320 valence electrons. The van der Waals surface area contributed by atoms with Crippen LogP contribution in [0.1, 0.15) is 97.2 Å². The molecule has 0 bridgehead atoms. The number of nitrogens with two attached hydrogens (primary N) is 1. The molecular formula is C48H69N7O4. The van der Waals surface area contributed by atoms with Crippen molar-refractivity contribution in [3.63, 3.8) is 0 Å². The number of aryl methyl sites for hydroxylation is 1. The van der Waals surface area contributed by atoms with Crippen molar-refractivity contribution >= 4 is 33.7 Å². The molecule has 2 saturated heterocycles. The Morgan fingerprint density at radius 2 is 1.69 bits per heavy atom. The van der Waals surface area contributed by atoms with Gasteiger partial charge in [0.05, 0.1) is 42.5 Å². The van der Waals surface area contributed by atoms with Gasteiger partial charge in [-0.1, -0.05) is 88.3 Å². The molecule has 4 aliphatic rings. The molecule has 3 fully saturated rings. The molecular weight excluding hydrogens is 739 g/mol. The molecule has 1 amide bonds. The number of piperidine rings is 1. The predicted molar refractivity (Wildman–Crippen MR) is 238 cm³/mol. The topological polar surface area (TPSA) is 140 Å². The number of aliphatic hydroxyl groups is 1. The Morgan fingerprint density at radius 3 is 2.46 bits per heavy atom. The van der Waals surface area contributed by atoms with Crippen molar-refractivity contribution in [1.82, 2.24) is 30.1 Å². The van der Waals surface area contributed by atoms with E-state index in [1.807, 2.05) is 12.1 Å². The average molecular weight is 808 g/mol. The van der Waals surface area contributed by atoms with E-state index in [2.05, 4.69) is 94.4 Å². The van der Waals surface area contributed by atoms with Crippen LogP contribution in [0, 0.1) is 11.3 Å². The number of carbonyl (C=O) groups excluding carboxylic acids is 1. The Bertz CT molecular complexity index is 2010. The number of amides is 1. The van der Waals surface area contributed by atoms with Gasteiger partial charge in [-0.25, -0.2) is 9.97 Å². The maximum atomic E-state index is 12.4. The molecule has 4 unspecified atom stereocenters. The number of fused-ring (bicyclic) bond motifs is 7. The molecule has 0 spiro atoms. The lowest BCUT2D eigenvalue weighted by molar-refractivity contribution is -0.122. The van der Waals surface area contributed by atoms with Gasteiger partial charge in [-0.05, 0) is 87.6 Å². The van der Waals surface area contributed by atoms with Gasteiger partial charge in [-0.2, -0.15) is 0 Å². The second-order valence-electron chi connectivity index (χ2n) is 17.1. The Hall–Kier alpha value is -3.87. The fourth-order valence-electron chi connectivity index (χ4n) is 10.6. The summed E-state index contributed by atoms with van der Waals surface area (Å²) in [6, 6.07) is 8.33. The number of carbonyl (C=O) groups is 1. The van der Waals surface area contributed by atoms with E-state index < -0.39 is 6.10 Å². The van der Waals surface area contributed by atoms with E-state index >= 15 is 0 Å². The number of allylic oxidation sites excluding steroid dienone is 6. The van der Waals surface area contributed by atoms with Gasteiger partial charge >= 0.3 is 0 Å². The molecule has 3 aromatic rings. The van der Waals surface area contributed by atoms with Crippen molar-refractivity contribution in [3.05, 3.63) is 77.7 Å². The van der Waals surface area contributed by atoms with Crippen LogP contribution in [-0.2, 0) is 27.2 Å². The number of hydrogen-bond acceptors (Lipinski definition) is 9. The van der Waals surface area contributed by atoms with Gasteiger partial charge in [-0.3, -0.25) is 4.79 Å². The molecule has 4 atom stereocenters. The van der Waals surface area contributed by atoms with Crippen molar-refractivity contribution in [1.29, 1.82) is 0 Å². The summed E-state index contributed by atoms with van der Waals surface area (Å²) < 4.78 is 14.0. The number of aromatic nitrogens is 3. The van der Waals surface area contributed by atoms with Crippen molar-refractivity contribution in [2.24, 2.45) is 11.3 Å². The lowest BCUT2D eigenvalue weighted by atomic mass is 9.45. The molecule has 4 heterocycles. The maximum Gasteiger partial charge on any atom is 0.222 e. The van der Waals surface area contributed by atoms with Crippen LogP contribution in [-0.4, -0.2) is 101 Å². The standard InChI is InChI=1S/C48H69N7O4/c1-4-7-22-41-52-43-44(36-17-12-13-20-39(36)51-46(43)49)55(41)34-35-23-28-54(29-24-35)27-16-30-58-32-33-59-31-25-42(56)50-26-15-14-21-40-45(57)47(5-2)37-18-10-8-9-11-19-38(37)48(47,6-3)53-40/h8-13,17-20,35,40,45,53,57H,4-7,14-16,21-34H2,1-3H3,(H2,49,51)(H,50,56)/b9-8?,10-8-,11-9-,18-10?,19-11?,37-18+,38-19+. The number of anilines is 1. The fraction of sp³-hybridized carbons (Fsp3) is 0.604. The summed E-state index contributed by atoms with van der Waals surface area (Å²) in [4.78, 5) is 24.7. The number of hydrogen-bond donors (Lipinski definition) is 4. The van der Waals surface area contributed by atoms with Crippen molar-refractivity contribution in [2.45, 2.75) is 122 Å². The summed E-state index contributed by atoms with van der Waals surface area (Å²) in [7, 11) is 0. The summed E-state index contributed by atoms with van der Waals surface area (Å²) in [5.74, 6) is 2.28. The first kappa shape index (κ1) is 43.2. The van der Waals surface area contributed by atoms with Crippen LogP contribution in [0.3, 0.4) is 0 Å². The fourth-order valence-corrected chi connectivity index (χ4v) is 10.6. The van der Waals surface area contributed by atoms with E-state index in [4.69, 9.17) is 20.2 Å². The number of nitrogens with one attached hydrogen (secondary N) is 2. The summed E-state index contributed by atoms with van der Waals surface area (Å²) in [5.41, 5.74) is 11.5. The number of aliphatic hydroxyl groups excluding tert-OH is 1. The number of ether oxygens (including phenoxy) is 2. The van der Waals surface area contributed by atoms with Gasteiger partial charge < -0.3 is 40.4 Å². The van der Waals surface area contributed by atoms with Crippen LogP contribution in [0.25, 0.3) is 21.9 Å². The molecule has 1 saturated carbocycles. The third-order valence-corrected chi connectivity index (χ3v) is 13.7. The monoisotopic (exact) mass is 808 g/mol. The molecule has 11 nitrogen and oxygen atoms in total. The number of imidazole rings is 1. The SMILES string of the molecule is CCCCc1nc2c(N)nc3ccccc3c2n1CC1CCN(CCCOCCOCCC(=O)NCCCCC2NC3(CC)C4=C/C=C\C=C/C=C\4C3(CC)C2O)CC1. The lowest BCUT2D eigenvalue weighted by Crippen LogP contribution is -2.65. The van der Waals surface area contributed by atoms with Gasteiger partial charge in [0, 0.05) is 55.9 Å². The first-order chi connectivity index (χ1) is 28.9. The van der Waals surface area contributed by atoms with Crippen molar-refractivity contribution < 1.29 is 19.4 Å². The van der Waals surface area contributed by atoms with Gasteiger partial charge in [0.25, 0.3) is 0 Å². The Balaban J connectivity index is 0.726. The Labute approximate surface area is 351 Å². The van der Waals surface area contributed by atoms with Gasteiger partial charge in [0.15, 0.2) is 5.82 Å². The summed E-state index contributed by atoms with van der Waals surface area (Å²) >= 11 is 0. The van der Waals surface area contributed by atoms with Crippen LogP contribution in [0.2, 0.25) is 0 Å².